The number of fused-ring (bicyclic) bond motifs is 2. The van der Waals surface area contributed by atoms with Crippen molar-refractivity contribution >= 4 is 11.8 Å². The summed E-state index contributed by atoms with van der Waals surface area (Å²) >= 11 is 0. The normalized spacial score (nSPS) is 55.6. The van der Waals surface area contributed by atoms with Gasteiger partial charge in [0.05, 0.1) is 12.2 Å². The fraction of sp³-hybridized carbons (Fsp3) is 0.700. The Morgan fingerprint density at radius 3 is 2.48 bits per heavy atom. The maximum Gasteiger partial charge on any atom is 0.318 e. The van der Waals surface area contributed by atoms with E-state index in [1.54, 1.807) is 26.8 Å². The number of epoxide rings is 1. The molecular formula is C20H24O7. The van der Waals surface area contributed by atoms with Gasteiger partial charge < -0.3 is 24.1 Å². The average molecular weight is 376 g/mol. The fourth-order valence-electron chi connectivity index (χ4n) is 5.42. The first-order valence-corrected chi connectivity index (χ1v) is 9.39. The molecule has 146 valence electrons. The molecule has 3 saturated heterocycles. The highest BCUT2D eigenvalue weighted by Gasteiger charge is 2.83. The van der Waals surface area contributed by atoms with Crippen LogP contribution in [0.2, 0.25) is 0 Å². The van der Waals surface area contributed by atoms with Crippen molar-refractivity contribution in [3.05, 3.63) is 23.5 Å². The quantitative estimate of drug-likeness (QED) is 0.546. The van der Waals surface area contributed by atoms with E-state index < -0.39 is 46.5 Å². The molecule has 7 nitrogen and oxygen atoms in total. The highest BCUT2D eigenvalue weighted by Crippen LogP contribution is 2.66. The Balaban J connectivity index is 1.68. The predicted molar refractivity (Wildman–Crippen MR) is 91.2 cm³/mol. The molecule has 7 heteroatoms. The molecule has 5 rings (SSSR count). The van der Waals surface area contributed by atoms with Crippen molar-refractivity contribution in [3.63, 3.8) is 0 Å². The maximum atomic E-state index is 13.0. The number of carbonyl (C=O) groups is 2. The first-order chi connectivity index (χ1) is 12.5. The Kier molecular flexibility index (Phi) is 2.99. The van der Waals surface area contributed by atoms with Crippen LogP contribution >= 0.6 is 0 Å². The number of esters is 1. The lowest BCUT2D eigenvalue weighted by molar-refractivity contribution is -0.271. The van der Waals surface area contributed by atoms with E-state index in [-0.39, 0.29) is 18.3 Å². The van der Waals surface area contributed by atoms with Gasteiger partial charge in [-0.05, 0) is 46.3 Å². The monoisotopic (exact) mass is 376 g/mol. The Labute approximate surface area is 157 Å². The van der Waals surface area contributed by atoms with Gasteiger partial charge in [-0.15, -0.1) is 0 Å². The molecule has 1 N–H and O–H groups in total. The standard InChI is InChI=1S/C20H24O7/c1-9-6-12-15-13(8-17(3)14(21)7-11(9)26-17)27-20(23,19(5)10(2)25-19)18(15,4)16(22)24-12/h6-7,10,12-13,15,23H,8H2,1-5H3. The number of rotatable bonds is 1. The van der Waals surface area contributed by atoms with E-state index in [2.05, 4.69) is 0 Å². The van der Waals surface area contributed by atoms with Gasteiger partial charge in [-0.3, -0.25) is 9.59 Å². The van der Waals surface area contributed by atoms with Crippen LogP contribution in [0.15, 0.2) is 23.5 Å². The number of ether oxygens (including phenoxy) is 4. The Hall–Kier alpha value is -1.70. The van der Waals surface area contributed by atoms with Crippen molar-refractivity contribution in [1.29, 1.82) is 0 Å². The largest absolute Gasteiger partial charge is 0.479 e. The molecule has 0 amide bonds. The average Bonchev–Trinajstić information content (AvgIpc) is 2.82. The highest BCUT2D eigenvalue weighted by molar-refractivity contribution is 6.00. The van der Waals surface area contributed by atoms with Crippen LogP contribution in [0.3, 0.4) is 0 Å². The smallest absolute Gasteiger partial charge is 0.318 e. The van der Waals surface area contributed by atoms with Crippen molar-refractivity contribution < 1.29 is 33.6 Å². The Bertz CT molecular complexity index is 845. The number of carbonyl (C=O) groups excluding carboxylic acids is 2. The van der Waals surface area contributed by atoms with Crippen molar-refractivity contribution in [2.45, 2.75) is 76.3 Å². The second kappa shape index (κ2) is 4.64. The highest BCUT2D eigenvalue weighted by atomic mass is 16.7. The van der Waals surface area contributed by atoms with Gasteiger partial charge in [0.25, 0.3) is 0 Å². The minimum absolute atomic E-state index is 0.142. The van der Waals surface area contributed by atoms with E-state index in [1.807, 2.05) is 13.8 Å². The molecule has 5 aliphatic rings. The van der Waals surface area contributed by atoms with Gasteiger partial charge in [0.1, 0.15) is 22.9 Å². The molecule has 2 bridgehead atoms. The molecule has 0 aliphatic carbocycles. The van der Waals surface area contributed by atoms with Crippen LogP contribution in [0.25, 0.3) is 0 Å². The summed E-state index contributed by atoms with van der Waals surface area (Å²) in [6.45, 7) is 8.81. The van der Waals surface area contributed by atoms with Crippen molar-refractivity contribution in [2.75, 3.05) is 0 Å². The maximum absolute atomic E-state index is 13.0. The van der Waals surface area contributed by atoms with E-state index in [4.69, 9.17) is 18.9 Å². The zero-order valence-corrected chi connectivity index (χ0v) is 16.1. The molecule has 0 aromatic rings. The van der Waals surface area contributed by atoms with E-state index in [0.29, 0.717) is 5.76 Å². The van der Waals surface area contributed by atoms with Gasteiger partial charge in [0, 0.05) is 18.4 Å². The summed E-state index contributed by atoms with van der Waals surface area (Å²) in [5.41, 5.74) is -2.70. The van der Waals surface area contributed by atoms with Crippen LogP contribution in [-0.2, 0) is 28.5 Å². The van der Waals surface area contributed by atoms with Crippen molar-refractivity contribution in [1.82, 2.24) is 0 Å². The van der Waals surface area contributed by atoms with Gasteiger partial charge in [-0.2, -0.15) is 0 Å². The molecule has 0 radical (unpaired) electrons. The number of ketones is 1. The third-order valence-electron chi connectivity index (χ3n) is 7.44. The van der Waals surface area contributed by atoms with Gasteiger partial charge in [0.15, 0.2) is 5.60 Å². The first-order valence-electron chi connectivity index (χ1n) is 9.39. The number of hydrogen-bond donors (Lipinski definition) is 1. The third-order valence-corrected chi connectivity index (χ3v) is 7.44. The molecule has 0 saturated carbocycles. The summed E-state index contributed by atoms with van der Waals surface area (Å²) in [5.74, 6) is -2.46. The minimum atomic E-state index is -1.85. The molecule has 3 fully saturated rings. The summed E-state index contributed by atoms with van der Waals surface area (Å²) in [4.78, 5) is 25.6. The molecule has 5 heterocycles. The van der Waals surface area contributed by atoms with E-state index in [0.717, 1.165) is 5.57 Å². The molecule has 0 aromatic carbocycles. The summed E-state index contributed by atoms with van der Waals surface area (Å²) < 4.78 is 23.5. The Morgan fingerprint density at radius 1 is 1.19 bits per heavy atom. The van der Waals surface area contributed by atoms with E-state index in [1.165, 1.54) is 6.08 Å². The van der Waals surface area contributed by atoms with E-state index >= 15 is 0 Å². The summed E-state index contributed by atoms with van der Waals surface area (Å²) in [6.07, 6.45) is 2.06. The molecule has 0 aromatic heterocycles. The van der Waals surface area contributed by atoms with Crippen LogP contribution in [0.5, 0.6) is 0 Å². The second-order valence-electron chi connectivity index (χ2n) is 9.03. The zero-order chi connectivity index (χ0) is 19.6. The first kappa shape index (κ1) is 17.4. The van der Waals surface area contributed by atoms with Crippen LogP contribution < -0.4 is 0 Å². The third kappa shape index (κ3) is 1.78. The lowest BCUT2D eigenvalue weighted by Crippen LogP contribution is -2.58. The second-order valence-corrected chi connectivity index (χ2v) is 9.03. The van der Waals surface area contributed by atoms with Gasteiger partial charge in [0.2, 0.25) is 11.6 Å². The number of aliphatic hydroxyl groups is 1. The van der Waals surface area contributed by atoms with Gasteiger partial charge >= 0.3 is 5.97 Å². The molecule has 8 atom stereocenters. The predicted octanol–water partition coefficient (Wildman–Crippen LogP) is 1.39. The molecule has 27 heavy (non-hydrogen) atoms. The lowest BCUT2D eigenvalue weighted by Gasteiger charge is -2.37. The number of hydrogen-bond acceptors (Lipinski definition) is 7. The van der Waals surface area contributed by atoms with Crippen molar-refractivity contribution in [2.24, 2.45) is 11.3 Å². The zero-order valence-electron chi connectivity index (χ0n) is 16.1. The summed E-state index contributed by atoms with van der Waals surface area (Å²) in [7, 11) is 0. The van der Waals surface area contributed by atoms with Crippen molar-refractivity contribution in [3.8, 4) is 0 Å². The molecular weight excluding hydrogens is 352 g/mol. The fourth-order valence-corrected chi connectivity index (χ4v) is 5.42. The molecule has 0 spiro atoms. The minimum Gasteiger partial charge on any atom is -0.479 e. The Morgan fingerprint density at radius 2 is 1.85 bits per heavy atom. The molecule has 8 unspecified atom stereocenters. The summed E-state index contributed by atoms with van der Waals surface area (Å²) in [5, 5.41) is 11.6. The SMILES string of the molecule is CC1=CC2OC(=O)C3(C)C2C(CC2(C)OC1=CC2=O)OC3(O)C1(C)OC1C. The van der Waals surface area contributed by atoms with Crippen LogP contribution in [0.1, 0.15) is 41.0 Å². The van der Waals surface area contributed by atoms with Crippen LogP contribution in [0.4, 0.5) is 0 Å². The van der Waals surface area contributed by atoms with Gasteiger partial charge in [-0.25, -0.2) is 0 Å². The number of allylic oxidation sites excluding steroid dienone is 1. The van der Waals surface area contributed by atoms with Gasteiger partial charge in [-0.1, -0.05) is 0 Å². The topological polar surface area (TPSA) is 94.6 Å². The van der Waals surface area contributed by atoms with E-state index in [9.17, 15) is 14.7 Å². The van der Waals surface area contributed by atoms with Crippen LogP contribution in [-0.4, -0.2) is 52.2 Å². The lowest BCUT2D eigenvalue weighted by atomic mass is 9.65. The summed E-state index contributed by atoms with van der Waals surface area (Å²) in [6, 6.07) is 0. The molecule has 5 aliphatic heterocycles. The van der Waals surface area contributed by atoms with Crippen LogP contribution in [0, 0.1) is 11.3 Å².